The Bertz CT molecular complexity index is 506. The van der Waals surface area contributed by atoms with Crippen LogP contribution in [-0.2, 0) is 4.79 Å². The lowest BCUT2D eigenvalue weighted by atomic mass is 10.1. The van der Waals surface area contributed by atoms with Crippen LogP contribution in [-0.4, -0.2) is 46.0 Å². The van der Waals surface area contributed by atoms with Crippen LogP contribution < -0.4 is 0 Å². The van der Waals surface area contributed by atoms with Crippen LogP contribution in [0.25, 0.3) is 0 Å². The fourth-order valence-corrected chi connectivity index (χ4v) is 4.44. The zero-order valence-corrected chi connectivity index (χ0v) is 12.9. The van der Waals surface area contributed by atoms with E-state index >= 15 is 0 Å². The summed E-state index contributed by atoms with van der Waals surface area (Å²) in [6, 6.07) is 1.25. The fourth-order valence-electron chi connectivity index (χ4n) is 1.93. The second-order valence-electron chi connectivity index (χ2n) is 4.06. The van der Waals surface area contributed by atoms with Crippen LogP contribution in [0.5, 0.6) is 0 Å². The predicted molar refractivity (Wildman–Crippen MR) is 78.7 cm³/mol. The van der Waals surface area contributed by atoms with E-state index < -0.39 is 5.97 Å². The summed E-state index contributed by atoms with van der Waals surface area (Å²) < 4.78 is 0.803. The van der Waals surface area contributed by atoms with Crippen molar-refractivity contribution >= 4 is 58.2 Å². The summed E-state index contributed by atoms with van der Waals surface area (Å²) in [6.07, 6.45) is -0.0474. The molecule has 19 heavy (non-hydrogen) atoms. The Morgan fingerprint density at radius 1 is 1.47 bits per heavy atom. The van der Waals surface area contributed by atoms with E-state index in [9.17, 15) is 9.59 Å². The van der Waals surface area contributed by atoms with Gasteiger partial charge in [0.25, 0.3) is 5.91 Å². The predicted octanol–water partition coefficient (Wildman–Crippen LogP) is 3.09. The Kier molecular flexibility index (Phi) is 5.00. The van der Waals surface area contributed by atoms with Crippen LogP contribution in [0.4, 0.5) is 0 Å². The van der Waals surface area contributed by atoms with Crippen molar-refractivity contribution in [3.8, 4) is 0 Å². The number of amides is 1. The minimum absolute atomic E-state index is 0.0474. The molecular weight excluding hydrogens is 329 g/mol. The van der Waals surface area contributed by atoms with Crippen LogP contribution in [0.3, 0.4) is 0 Å². The van der Waals surface area contributed by atoms with E-state index in [1.165, 1.54) is 6.07 Å². The van der Waals surface area contributed by atoms with E-state index in [2.05, 4.69) is 0 Å². The van der Waals surface area contributed by atoms with E-state index in [0.717, 1.165) is 17.1 Å². The quantitative estimate of drug-likeness (QED) is 0.919. The van der Waals surface area contributed by atoms with Gasteiger partial charge in [0.2, 0.25) is 0 Å². The van der Waals surface area contributed by atoms with Crippen LogP contribution in [0.2, 0.25) is 8.67 Å². The first kappa shape index (κ1) is 15.0. The average molecular weight is 340 g/mol. The number of thiophene rings is 1. The van der Waals surface area contributed by atoms with Crippen molar-refractivity contribution in [3.63, 3.8) is 0 Å². The molecule has 0 bridgehead atoms. The van der Waals surface area contributed by atoms with Crippen molar-refractivity contribution in [3.05, 3.63) is 20.3 Å². The number of thioether (sulfide) groups is 1. The summed E-state index contributed by atoms with van der Waals surface area (Å²) in [5.41, 5.74) is 0.360. The van der Waals surface area contributed by atoms with Crippen molar-refractivity contribution in [2.24, 2.45) is 0 Å². The maximum Gasteiger partial charge on any atom is 0.305 e. The molecule has 4 nitrogen and oxygen atoms in total. The Labute approximate surface area is 128 Å². The number of rotatable bonds is 3. The molecule has 1 fully saturated rings. The van der Waals surface area contributed by atoms with Gasteiger partial charge in [-0.05, 0) is 6.07 Å². The summed E-state index contributed by atoms with van der Waals surface area (Å²) in [5, 5.41) is 8.90. The molecule has 0 aromatic carbocycles. The molecule has 1 atom stereocenters. The third kappa shape index (κ3) is 3.56. The summed E-state index contributed by atoms with van der Waals surface area (Å²) in [4.78, 5) is 24.9. The van der Waals surface area contributed by atoms with Crippen molar-refractivity contribution < 1.29 is 14.7 Å². The highest BCUT2D eigenvalue weighted by molar-refractivity contribution is 7.99. The van der Waals surface area contributed by atoms with E-state index in [1.54, 1.807) is 16.7 Å². The van der Waals surface area contributed by atoms with Gasteiger partial charge < -0.3 is 10.0 Å². The Morgan fingerprint density at radius 2 is 2.21 bits per heavy atom. The maximum absolute atomic E-state index is 12.4. The molecule has 1 aromatic heterocycles. The number of halogens is 2. The van der Waals surface area contributed by atoms with Gasteiger partial charge in [0.05, 0.1) is 22.4 Å². The second kappa shape index (κ2) is 6.35. The van der Waals surface area contributed by atoms with Crippen LogP contribution in [0, 0.1) is 0 Å². The smallest absolute Gasteiger partial charge is 0.305 e. The molecule has 104 valence electrons. The zero-order chi connectivity index (χ0) is 14.0. The zero-order valence-electron chi connectivity index (χ0n) is 9.77. The van der Waals surface area contributed by atoms with Crippen molar-refractivity contribution in [1.29, 1.82) is 0 Å². The Hall–Kier alpha value is -0.430. The molecule has 1 amide bonds. The van der Waals surface area contributed by atoms with Gasteiger partial charge >= 0.3 is 5.97 Å². The van der Waals surface area contributed by atoms with Crippen molar-refractivity contribution in [2.45, 2.75) is 12.5 Å². The van der Waals surface area contributed by atoms with Crippen molar-refractivity contribution in [2.75, 3.05) is 18.1 Å². The highest BCUT2D eigenvalue weighted by atomic mass is 35.5. The second-order valence-corrected chi connectivity index (χ2v) is 7.50. The van der Waals surface area contributed by atoms with E-state index in [0.29, 0.717) is 26.5 Å². The van der Waals surface area contributed by atoms with Crippen LogP contribution >= 0.6 is 46.3 Å². The molecule has 1 aliphatic heterocycles. The number of carboxylic acid groups (broad SMARTS) is 1. The molecule has 0 saturated carbocycles. The van der Waals surface area contributed by atoms with E-state index in [4.69, 9.17) is 28.3 Å². The van der Waals surface area contributed by atoms with Crippen LogP contribution in [0.15, 0.2) is 6.07 Å². The van der Waals surface area contributed by atoms with E-state index in [1.807, 2.05) is 0 Å². The first-order valence-electron chi connectivity index (χ1n) is 5.54. The highest BCUT2D eigenvalue weighted by Gasteiger charge is 2.31. The molecule has 1 N–H and O–H groups in total. The molecule has 0 spiro atoms. The number of aliphatic carboxylic acids is 1. The molecular formula is C11H11Cl2NO3S2. The monoisotopic (exact) mass is 339 g/mol. The summed E-state index contributed by atoms with van der Waals surface area (Å²) >= 11 is 14.6. The van der Waals surface area contributed by atoms with Crippen molar-refractivity contribution in [1.82, 2.24) is 4.90 Å². The molecule has 1 aliphatic rings. The standard InChI is InChI=1S/C11H11Cl2NO3S2/c12-8-4-7(10(13)19-8)11(17)14-1-2-18-5-6(14)3-9(15)16/h4,6H,1-3,5H2,(H,15,16). The molecule has 0 radical (unpaired) electrons. The number of carboxylic acids is 1. The maximum atomic E-state index is 12.4. The molecule has 2 heterocycles. The molecule has 8 heteroatoms. The van der Waals surface area contributed by atoms with Gasteiger partial charge in [0, 0.05) is 18.1 Å². The minimum atomic E-state index is -0.903. The number of carbonyl (C=O) groups excluding carboxylic acids is 1. The van der Waals surface area contributed by atoms with Gasteiger partial charge in [0.1, 0.15) is 4.34 Å². The number of nitrogens with zero attached hydrogens (tertiary/aromatic N) is 1. The average Bonchev–Trinajstić information content (AvgIpc) is 2.67. The summed E-state index contributed by atoms with van der Waals surface area (Å²) in [6.45, 7) is 0.533. The fraction of sp³-hybridized carbons (Fsp3) is 0.455. The lowest BCUT2D eigenvalue weighted by molar-refractivity contribution is -0.138. The summed E-state index contributed by atoms with van der Waals surface area (Å²) in [5.74, 6) is 0.296. The normalized spacial score (nSPS) is 19.5. The van der Waals surface area contributed by atoms with Gasteiger partial charge in [-0.3, -0.25) is 9.59 Å². The number of hydrogen-bond acceptors (Lipinski definition) is 4. The molecule has 0 aliphatic carbocycles. The number of hydrogen-bond donors (Lipinski definition) is 1. The highest BCUT2D eigenvalue weighted by Crippen LogP contribution is 2.33. The molecule has 2 rings (SSSR count). The van der Waals surface area contributed by atoms with Crippen LogP contribution in [0.1, 0.15) is 16.8 Å². The molecule has 1 aromatic rings. The topological polar surface area (TPSA) is 57.6 Å². The molecule has 1 saturated heterocycles. The first-order valence-corrected chi connectivity index (χ1v) is 8.27. The molecule has 1 unspecified atom stereocenters. The van der Waals surface area contributed by atoms with Gasteiger partial charge in [-0.1, -0.05) is 23.2 Å². The third-order valence-corrected chi connectivity index (χ3v) is 5.37. The van der Waals surface area contributed by atoms with Gasteiger partial charge in [-0.25, -0.2) is 0 Å². The minimum Gasteiger partial charge on any atom is -0.481 e. The van der Waals surface area contributed by atoms with Gasteiger partial charge in [0.15, 0.2) is 0 Å². The SMILES string of the molecule is O=C(O)CC1CSCCN1C(=O)c1cc(Cl)sc1Cl. The largest absolute Gasteiger partial charge is 0.481 e. The lowest BCUT2D eigenvalue weighted by Crippen LogP contribution is -2.47. The summed E-state index contributed by atoms with van der Waals surface area (Å²) in [7, 11) is 0. The van der Waals surface area contributed by atoms with E-state index in [-0.39, 0.29) is 18.4 Å². The van der Waals surface area contributed by atoms with Gasteiger partial charge in [-0.15, -0.1) is 11.3 Å². The Balaban J connectivity index is 2.19. The lowest BCUT2D eigenvalue weighted by Gasteiger charge is -2.34. The Morgan fingerprint density at radius 3 is 2.79 bits per heavy atom. The third-order valence-electron chi connectivity index (χ3n) is 2.79. The first-order chi connectivity index (χ1) is 8.99. The van der Waals surface area contributed by atoms with Gasteiger partial charge in [-0.2, -0.15) is 11.8 Å². The number of carbonyl (C=O) groups is 2.